The predicted octanol–water partition coefficient (Wildman–Crippen LogP) is 4.54. The average molecular weight is 321 g/mol. The van der Waals surface area contributed by atoms with Crippen molar-refractivity contribution in [3.8, 4) is 0 Å². The Morgan fingerprint density at radius 3 is 2.72 bits per heavy atom. The second-order valence-electron chi connectivity index (χ2n) is 4.38. The van der Waals surface area contributed by atoms with Gasteiger partial charge in [0.05, 0.1) is 5.69 Å². The van der Waals surface area contributed by atoms with Crippen LogP contribution in [0.2, 0.25) is 0 Å². The molecule has 0 atom stereocenters. The molecule has 1 aliphatic carbocycles. The van der Waals surface area contributed by atoms with Gasteiger partial charge in [0.15, 0.2) is 0 Å². The van der Waals surface area contributed by atoms with E-state index in [0.717, 1.165) is 21.6 Å². The Labute approximate surface area is 119 Å². The van der Waals surface area contributed by atoms with Gasteiger partial charge in [-0.3, -0.25) is 0 Å². The molecule has 0 radical (unpaired) electrons. The Morgan fingerprint density at radius 2 is 1.94 bits per heavy atom. The molecule has 0 saturated carbocycles. The van der Waals surface area contributed by atoms with Crippen LogP contribution in [0, 0.1) is 0 Å². The number of hydrogen-bond donors (Lipinski definition) is 0. The molecule has 3 rings (SSSR count). The summed E-state index contributed by atoms with van der Waals surface area (Å²) in [6, 6.07) is 8.13. The SMILES string of the molecule is Brc1ccc(/C=N\c2nc3c(s2)CCCC3)cc1. The van der Waals surface area contributed by atoms with E-state index in [1.54, 1.807) is 11.3 Å². The van der Waals surface area contributed by atoms with Crippen LogP contribution in [0.4, 0.5) is 5.13 Å². The maximum atomic E-state index is 4.59. The highest BCUT2D eigenvalue weighted by molar-refractivity contribution is 9.10. The summed E-state index contributed by atoms with van der Waals surface area (Å²) in [4.78, 5) is 10.5. The minimum absolute atomic E-state index is 0.893. The number of rotatable bonds is 2. The first-order valence-electron chi connectivity index (χ1n) is 6.09. The summed E-state index contributed by atoms with van der Waals surface area (Å²) in [5.41, 5.74) is 2.38. The van der Waals surface area contributed by atoms with E-state index in [0.29, 0.717) is 0 Å². The van der Waals surface area contributed by atoms with Crippen LogP contribution in [0.15, 0.2) is 33.7 Å². The lowest BCUT2D eigenvalue weighted by atomic mass is 10.0. The number of aryl methyl sites for hydroxylation is 2. The molecule has 18 heavy (non-hydrogen) atoms. The molecule has 1 aromatic carbocycles. The molecule has 0 spiro atoms. The Hall–Kier alpha value is -1.00. The van der Waals surface area contributed by atoms with E-state index in [-0.39, 0.29) is 0 Å². The molecule has 0 bridgehead atoms. The Kier molecular flexibility index (Phi) is 3.57. The molecule has 0 unspecified atom stereocenters. The van der Waals surface area contributed by atoms with Crippen LogP contribution < -0.4 is 0 Å². The molecule has 4 heteroatoms. The molecule has 1 heterocycles. The Balaban J connectivity index is 1.79. The molecule has 2 nitrogen and oxygen atoms in total. The van der Waals surface area contributed by atoms with Gasteiger partial charge < -0.3 is 0 Å². The number of fused-ring (bicyclic) bond motifs is 1. The molecule has 0 N–H and O–H groups in total. The van der Waals surface area contributed by atoms with Crippen molar-refractivity contribution in [2.75, 3.05) is 0 Å². The molecule has 0 saturated heterocycles. The highest BCUT2D eigenvalue weighted by atomic mass is 79.9. The summed E-state index contributed by atoms with van der Waals surface area (Å²) >= 11 is 5.16. The van der Waals surface area contributed by atoms with E-state index in [1.807, 2.05) is 30.5 Å². The first kappa shape index (κ1) is 12.1. The normalized spacial score (nSPS) is 14.9. The van der Waals surface area contributed by atoms with Gasteiger partial charge in [-0.15, -0.1) is 0 Å². The standard InChI is InChI=1S/C14H13BrN2S/c15-11-7-5-10(6-8-11)9-16-14-17-12-3-1-2-4-13(12)18-14/h5-9H,1-4H2/b16-9-. The van der Waals surface area contributed by atoms with Crippen LogP contribution >= 0.6 is 27.3 Å². The van der Waals surface area contributed by atoms with E-state index in [9.17, 15) is 0 Å². The van der Waals surface area contributed by atoms with E-state index < -0.39 is 0 Å². The highest BCUT2D eigenvalue weighted by Crippen LogP contribution is 2.31. The summed E-state index contributed by atoms with van der Waals surface area (Å²) in [5, 5.41) is 0.893. The van der Waals surface area contributed by atoms with Gasteiger partial charge in [0.25, 0.3) is 0 Å². The monoisotopic (exact) mass is 320 g/mol. The van der Waals surface area contributed by atoms with Crippen molar-refractivity contribution in [3.05, 3.63) is 44.9 Å². The third-order valence-electron chi connectivity index (χ3n) is 3.03. The quantitative estimate of drug-likeness (QED) is 0.746. The van der Waals surface area contributed by atoms with E-state index in [1.165, 1.54) is 29.8 Å². The van der Waals surface area contributed by atoms with Crippen molar-refractivity contribution in [1.82, 2.24) is 4.98 Å². The van der Waals surface area contributed by atoms with Crippen LogP contribution in [-0.2, 0) is 12.8 Å². The van der Waals surface area contributed by atoms with E-state index >= 15 is 0 Å². The lowest BCUT2D eigenvalue weighted by molar-refractivity contribution is 0.682. The molecular weight excluding hydrogens is 308 g/mol. The second-order valence-corrected chi connectivity index (χ2v) is 6.36. The number of hydrogen-bond acceptors (Lipinski definition) is 3. The van der Waals surface area contributed by atoms with Gasteiger partial charge >= 0.3 is 0 Å². The molecule has 0 aliphatic heterocycles. The number of benzene rings is 1. The Bertz CT molecular complexity index is 548. The number of thiazole rings is 1. The van der Waals surface area contributed by atoms with Gasteiger partial charge in [0, 0.05) is 15.6 Å². The molecule has 2 aromatic rings. The lowest BCUT2D eigenvalue weighted by Crippen LogP contribution is -1.98. The lowest BCUT2D eigenvalue weighted by Gasteiger charge is -2.06. The molecule has 0 amide bonds. The summed E-state index contributed by atoms with van der Waals surface area (Å²) in [7, 11) is 0. The van der Waals surface area contributed by atoms with Gasteiger partial charge in [0.1, 0.15) is 0 Å². The molecule has 0 fully saturated rings. The zero-order valence-corrected chi connectivity index (χ0v) is 12.3. The number of aromatic nitrogens is 1. The maximum absolute atomic E-state index is 4.59. The van der Waals surface area contributed by atoms with Gasteiger partial charge in [-0.05, 0) is 43.4 Å². The van der Waals surface area contributed by atoms with Crippen molar-refractivity contribution < 1.29 is 0 Å². The van der Waals surface area contributed by atoms with Gasteiger partial charge in [-0.1, -0.05) is 39.4 Å². The fourth-order valence-electron chi connectivity index (χ4n) is 2.07. The average Bonchev–Trinajstić information content (AvgIpc) is 2.81. The third kappa shape index (κ3) is 2.70. The van der Waals surface area contributed by atoms with Crippen molar-refractivity contribution >= 4 is 38.6 Å². The fraction of sp³-hybridized carbons (Fsp3) is 0.286. The van der Waals surface area contributed by atoms with Crippen molar-refractivity contribution in [2.24, 2.45) is 4.99 Å². The van der Waals surface area contributed by atoms with Crippen LogP contribution in [0.3, 0.4) is 0 Å². The number of nitrogens with zero attached hydrogens (tertiary/aromatic N) is 2. The fourth-order valence-corrected chi connectivity index (χ4v) is 3.33. The van der Waals surface area contributed by atoms with Gasteiger partial charge in [0.2, 0.25) is 5.13 Å². The topological polar surface area (TPSA) is 25.2 Å². The summed E-state index contributed by atoms with van der Waals surface area (Å²) in [5.74, 6) is 0. The zero-order valence-electron chi connectivity index (χ0n) is 9.90. The number of halogens is 1. The molecular formula is C14H13BrN2S. The van der Waals surface area contributed by atoms with E-state index in [2.05, 4.69) is 25.9 Å². The second kappa shape index (κ2) is 5.33. The minimum atomic E-state index is 0.893. The third-order valence-corrected chi connectivity index (χ3v) is 4.62. The summed E-state index contributed by atoms with van der Waals surface area (Å²) < 4.78 is 1.09. The molecule has 92 valence electrons. The van der Waals surface area contributed by atoms with Crippen molar-refractivity contribution in [1.29, 1.82) is 0 Å². The molecule has 1 aromatic heterocycles. The van der Waals surface area contributed by atoms with Crippen LogP contribution in [0.25, 0.3) is 0 Å². The zero-order chi connectivity index (χ0) is 12.4. The van der Waals surface area contributed by atoms with Crippen molar-refractivity contribution in [2.45, 2.75) is 25.7 Å². The minimum Gasteiger partial charge on any atom is -0.227 e. The van der Waals surface area contributed by atoms with E-state index in [4.69, 9.17) is 0 Å². The summed E-state index contributed by atoms with van der Waals surface area (Å²) in [6.45, 7) is 0. The smallest absolute Gasteiger partial charge is 0.209 e. The molecule has 1 aliphatic rings. The maximum Gasteiger partial charge on any atom is 0.209 e. The Morgan fingerprint density at radius 1 is 1.17 bits per heavy atom. The van der Waals surface area contributed by atoms with Gasteiger partial charge in [-0.2, -0.15) is 0 Å². The van der Waals surface area contributed by atoms with Crippen LogP contribution in [-0.4, -0.2) is 11.2 Å². The van der Waals surface area contributed by atoms with Gasteiger partial charge in [-0.25, -0.2) is 9.98 Å². The number of aliphatic imine (C=N–C) groups is 1. The van der Waals surface area contributed by atoms with Crippen LogP contribution in [0.5, 0.6) is 0 Å². The first-order valence-corrected chi connectivity index (χ1v) is 7.70. The largest absolute Gasteiger partial charge is 0.227 e. The first-order chi connectivity index (χ1) is 8.81. The van der Waals surface area contributed by atoms with Crippen molar-refractivity contribution in [3.63, 3.8) is 0 Å². The summed E-state index contributed by atoms with van der Waals surface area (Å²) in [6.07, 6.45) is 6.76. The van der Waals surface area contributed by atoms with Crippen LogP contribution in [0.1, 0.15) is 29.0 Å². The predicted molar refractivity (Wildman–Crippen MR) is 80.2 cm³/mol. The highest BCUT2D eigenvalue weighted by Gasteiger charge is 2.14.